The maximum atomic E-state index is 9.03. The minimum absolute atomic E-state index is 0.247. The van der Waals surface area contributed by atoms with Gasteiger partial charge in [-0.05, 0) is 31.0 Å². The number of benzene rings is 1. The highest BCUT2D eigenvalue weighted by Gasteiger charge is 2.21. The van der Waals surface area contributed by atoms with Gasteiger partial charge >= 0.3 is 0 Å². The lowest BCUT2D eigenvalue weighted by Gasteiger charge is -2.19. The van der Waals surface area contributed by atoms with Gasteiger partial charge in [-0.25, -0.2) is 0 Å². The minimum Gasteiger partial charge on any atom is -0.369 e. The smallest absolute Gasteiger partial charge is 0.101 e. The van der Waals surface area contributed by atoms with Crippen molar-refractivity contribution in [1.29, 1.82) is 5.26 Å². The van der Waals surface area contributed by atoms with E-state index in [1.165, 1.54) is 5.56 Å². The van der Waals surface area contributed by atoms with Gasteiger partial charge in [-0.3, -0.25) is 0 Å². The molecule has 0 radical (unpaired) electrons. The lowest BCUT2D eigenvalue weighted by Crippen LogP contribution is -2.26. The zero-order valence-corrected chi connectivity index (χ0v) is 8.90. The lowest BCUT2D eigenvalue weighted by atomic mass is 10.1. The van der Waals surface area contributed by atoms with Gasteiger partial charge in [0.25, 0.3) is 0 Å². The third-order valence-electron chi connectivity index (χ3n) is 2.84. The second-order valence-electron chi connectivity index (χ2n) is 4.13. The van der Waals surface area contributed by atoms with Gasteiger partial charge in [-0.1, -0.05) is 6.07 Å². The van der Waals surface area contributed by atoms with Crippen LogP contribution in [-0.4, -0.2) is 19.1 Å². The largest absolute Gasteiger partial charge is 0.369 e. The molecule has 1 atom stereocenters. The molecular formula is C12H15N3. The summed E-state index contributed by atoms with van der Waals surface area (Å²) in [4.78, 5) is 2.20. The summed E-state index contributed by atoms with van der Waals surface area (Å²) in [5.74, 6) is 0. The number of rotatable bonds is 1. The van der Waals surface area contributed by atoms with E-state index in [-0.39, 0.29) is 6.04 Å². The van der Waals surface area contributed by atoms with Crippen LogP contribution in [0.3, 0.4) is 0 Å². The molecule has 1 fully saturated rings. The third kappa shape index (κ3) is 1.95. The van der Waals surface area contributed by atoms with E-state index in [1.807, 2.05) is 19.1 Å². The van der Waals surface area contributed by atoms with Gasteiger partial charge in [0.15, 0.2) is 0 Å². The number of nitriles is 1. The van der Waals surface area contributed by atoms with Crippen molar-refractivity contribution in [3.8, 4) is 6.07 Å². The Hall–Kier alpha value is -1.53. The summed E-state index contributed by atoms with van der Waals surface area (Å²) in [5, 5.41) is 9.03. The van der Waals surface area contributed by atoms with Crippen molar-refractivity contribution in [2.24, 2.45) is 5.73 Å². The van der Waals surface area contributed by atoms with Crippen LogP contribution in [-0.2, 0) is 0 Å². The molecule has 3 heteroatoms. The first-order valence-electron chi connectivity index (χ1n) is 5.22. The summed E-state index contributed by atoms with van der Waals surface area (Å²) in [6, 6.07) is 8.40. The van der Waals surface area contributed by atoms with Gasteiger partial charge in [0.05, 0.1) is 11.3 Å². The molecule has 0 bridgehead atoms. The Labute approximate surface area is 90.1 Å². The van der Waals surface area contributed by atoms with Crippen LogP contribution in [0.4, 0.5) is 5.69 Å². The fourth-order valence-corrected chi connectivity index (χ4v) is 2.00. The Bertz CT molecular complexity index is 406. The summed E-state index contributed by atoms with van der Waals surface area (Å²) in [5.41, 5.74) is 8.83. The number of aryl methyl sites for hydroxylation is 1. The molecule has 3 nitrogen and oxygen atoms in total. The fraction of sp³-hybridized carbons (Fsp3) is 0.417. The predicted octanol–water partition coefficient (Wildman–Crippen LogP) is 1.40. The normalized spacial score (nSPS) is 20.3. The van der Waals surface area contributed by atoms with Crippen molar-refractivity contribution >= 4 is 5.69 Å². The van der Waals surface area contributed by atoms with Gasteiger partial charge in [-0.15, -0.1) is 0 Å². The monoisotopic (exact) mass is 201 g/mol. The summed E-state index contributed by atoms with van der Waals surface area (Å²) < 4.78 is 0. The minimum atomic E-state index is 0.247. The quantitative estimate of drug-likeness (QED) is 0.747. The van der Waals surface area contributed by atoms with Gasteiger partial charge in [0.1, 0.15) is 6.07 Å². The molecule has 1 aromatic rings. The van der Waals surface area contributed by atoms with Gasteiger partial charge < -0.3 is 10.6 Å². The van der Waals surface area contributed by atoms with Crippen molar-refractivity contribution in [3.63, 3.8) is 0 Å². The van der Waals surface area contributed by atoms with Crippen LogP contribution in [0.25, 0.3) is 0 Å². The van der Waals surface area contributed by atoms with Gasteiger partial charge in [-0.2, -0.15) is 5.26 Å². The first-order chi connectivity index (χ1) is 7.20. The maximum absolute atomic E-state index is 9.03. The molecule has 0 aromatic heterocycles. The second kappa shape index (κ2) is 3.92. The van der Waals surface area contributed by atoms with Crippen LogP contribution in [0, 0.1) is 18.3 Å². The first-order valence-corrected chi connectivity index (χ1v) is 5.22. The Morgan fingerprint density at radius 2 is 2.33 bits per heavy atom. The van der Waals surface area contributed by atoms with Crippen molar-refractivity contribution in [2.75, 3.05) is 18.0 Å². The van der Waals surface area contributed by atoms with Crippen LogP contribution >= 0.6 is 0 Å². The van der Waals surface area contributed by atoms with Crippen molar-refractivity contribution in [3.05, 3.63) is 29.3 Å². The molecule has 78 valence electrons. The van der Waals surface area contributed by atoms with E-state index in [0.717, 1.165) is 30.8 Å². The highest BCUT2D eigenvalue weighted by molar-refractivity contribution is 5.61. The standard InChI is InChI=1S/C12H15N3/c1-9-2-3-10(7-13)12(6-9)15-5-4-11(14)8-15/h2-3,6,11H,4-5,8,14H2,1H3. The van der Waals surface area contributed by atoms with E-state index >= 15 is 0 Å². The molecule has 2 N–H and O–H groups in total. The molecule has 1 aliphatic rings. The summed E-state index contributed by atoms with van der Waals surface area (Å²) >= 11 is 0. The van der Waals surface area contributed by atoms with E-state index < -0.39 is 0 Å². The number of hydrogen-bond donors (Lipinski definition) is 1. The molecular weight excluding hydrogens is 186 g/mol. The molecule has 0 amide bonds. The summed E-state index contributed by atoms with van der Waals surface area (Å²) in [7, 11) is 0. The van der Waals surface area contributed by atoms with Crippen LogP contribution in [0.5, 0.6) is 0 Å². The molecule has 0 saturated carbocycles. The highest BCUT2D eigenvalue weighted by Crippen LogP contribution is 2.24. The number of hydrogen-bond acceptors (Lipinski definition) is 3. The van der Waals surface area contributed by atoms with E-state index in [0.29, 0.717) is 0 Å². The van der Waals surface area contributed by atoms with Crippen LogP contribution < -0.4 is 10.6 Å². The van der Waals surface area contributed by atoms with E-state index in [9.17, 15) is 0 Å². The van der Waals surface area contributed by atoms with Crippen molar-refractivity contribution in [2.45, 2.75) is 19.4 Å². The Balaban J connectivity index is 2.34. The topological polar surface area (TPSA) is 53.0 Å². The number of anilines is 1. The maximum Gasteiger partial charge on any atom is 0.101 e. The molecule has 1 heterocycles. The molecule has 0 spiro atoms. The molecule has 1 aromatic carbocycles. The summed E-state index contributed by atoms with van der Waals surface area (Å²) in [6.07, 6.45) is 1.01. The molecule has 0 aliphatic carbocycles. The number of nitrogens with two attached hydrogens (primary N) is 1. The molecule has 2 rings (SSSR count). The molecule has 1 unspecified atom stereocenters. The average Bonchev–Trinajstić information content (AvgIpc) is 2.65. The molecule has 15 heavy (non-hydrogen) atoms. The van der Waals surface area contributed by atoms with Gasteiger partial charge in [0.2, 0.25) is 0 Å². The SMILES string of the molecule is Cc1ccc(C#N)c(N2CCC(N)C2)c1. The lowest BCUT2D eigenvalue weighted by molar-refractivity contribution is 0.752. The predicted molar refractivity (Wildman–Crippen MR) is 60.7 cm³/mol. The van der Waals surface area contributed by atoms with Crippen LogP contribution in [0.2, 0.25) is 0 Å². The van der Waals surface area contributed by atoms with Crippen LogP contribution in [0.1, 0.15) is 17.5 Å². The average molecular weight is 201 g/mol. The Kier molecular flexibility index (Phi) is 2.61. The Morgan fingerprint density at radius 3 is 2.93 bits per heavy atom. The van der Waals surface area contributed by atoms with Crippen LogP contribution in [0.15, 0.2) is 18.2 Å². The zero-order valence-electron chi connectivity index (χ0n) is 8.90. The second-order valence-corrected chi connectivity index (χ2v) is 4.13. The third-order valence-corrected chi connectivity index (χ3v) is 2.84. The zero-order chi connectivity index (χ0) is 10.8. The van der Waals surface area contributed by atoms with Gasteiger partial charge in [0, 0.05) is 19.1 Å². The number of nitrogens with zero attached hydrogens (tertiary/aromatic N) is 2. The first kappa shape index (κ1) is 10.0. The fourth-order valence-electron chi connectivity index (χ4n) is 2.00. The van der Waals surface area contributed by atoms with E-state index in [4.69, 9.17) is 11.0 Å². The van der Waals surface area contributed by atoms with Crippen molar-refractivity contribution < 1.29 is 0 Å². The Morgan fingerprint density at radius 1 is 1.53 bits per heavy atom. The van der Waals surface area contributed by atoms with E-state index in [1.54, 1.807) is 0 Å². The van der Waals surface area contributed by atoms with Crippen molar-refractivity contribution in [1.82, 2.24) is 0 Å². The molecule has 1 aliphatic heterocycles. The molecule has 1 saturated heterocycles. The highest BCUT2D eigenvalue weighted by atomic mass is 15.2. The van der Waals surface area contributed by atoms with E-state index in [2.05, 4.69) is 17.0 Å². The summed E-state index contributed by atoms with van der Waals surface area (Å²) in [6.45, 7) is 3.86.